The molecule has 1 aliphatic heterocycles. The third kappa shape index (κ3) is 5.68. The Kier molecular flexibility index (Phi) is 6.69. The summed E-state index contributed by atoms with van der Waals surface area (Å²) in [5.41, 5.74) is 1.31. The number of rotatable bonds is 4. The molecule has 1 aromatic carbocycles. The summed E-state index contributed by atoms with van der Waals surface area (Å²) in [5.74, 6) is 0.251. The van der Waals surface area contributed by atoms with Gasteiger partial charge in [0.25, 0.3) is 0 Å². The van der Waals surface area contributed by atoms with E-state index >= 15 is 0 Å². The predicted molar refractivity (Wildman–Crippen MR) is 89.6 cm³/mol. The zero-order chi connectivity index (χ0) is 14.6. The Labute approximate surface area is 134 Å². The van der Waals surface area contributed by atoms with Crippen LogP contribution in [0.3, 0.4) is 0 Å². The van der Waals surface area contributed by atoms with Crippen molar-refractivity contribution in [1.29, 1.82) is 0 Å². The molecular weight excluding hydrogens is 284 g/mol. The molecule has 4 heteroatoms. The number of hydrogen-bond acceptors (Lipinski definition) is 2. The topological polar surface area (TPSA) is 32.3 Å². The van der Waals surface area contributed by atoms with Crippen LogP contribution in [-0.2, 0) is 11.3 Å². The molecule has 1 heterocycles. The zero-order valence-corrected chi connectivity index (χ0v) is 14.1. The van der Waals surface area contributed by atoms with Crippen LogP contribution in [0.4, 0.5) is 0 Å². The van der Waals surface area contributed by atoms with E-state index in [2.05, 4.69) is 38.2 Å². The van der Waals surface area contributed by atoms with Crippen LogP contribution in [0.25, 0.3) is 0 Å². The molecule has 1 aliphatic rings. The highest BCUT2D eigenvalue weighted by Gasteiger charge is 2.29. The Hall–Kier alpha value is -1.06. The second-order valence-corrected chi connectivity index (χ2v) is 6.89. The fraction of sp³-hybridized carbons (Fsp3) is 0.588. The van der Waals surface area contributed by atoms with Gasteiger partial charge in [0, 0.05) is 13.1 Å². The van der Waals surface area contributed by atoms with Crippen LogP contribution in [-0.4, -0.2) is 29.9 Å². The van der Waals surface area contributed by atoms with Crippen LogP contribution in [0.5, 0.6) is 0 Å². The van der Waals surface area contributed by atoms with Crippen molar-refractivity contribution in [2.45, 2.75) is 46.2 Å². The monoisotopic (exact) mass is 310 g/mol. The molecule has 1 saturated heterocycles. The average Bonchev–Trinajstić information content (AvgIpc) is 2.90. The van der Waals surface area contributed by atoms with Crippen molar-refractivity contribution < 1.29 is 4.79 Å². The van der Waals surface area contributed by atoms with Gasteiger partial charge in [0.2, 0.25) is 5.91 Å². The van der Waals surface area contributed by atoms with Crippen LogP contribution in [0.1, 0.15) is 39.2 Å². The van der Waals surface area contributed by atoms with Gasteiger partial charge in [0.1, 0.15) is 0 Å². The average molecular weight is 311 g/mol. The largest absolute Gasteiger partial charge is 0.336 e. The molecule has 2 rings (SSSR count). The van der Waals surface area contributed by atoms with Gasteiger partial charge in [-0.25, -0.2) is 0 Å². The van der Waals surface area contributed by atoms with Crippen molar-refractivity contribution in [3.8, 4) is 0 Å². The highest BCUT2D eigenvalue weighted by atomic mass is 35.5. The molecule has 0 aliphatic carbocycles. The summed E-state index contributed by atoms with van der Waals surface area (Å²) in [6, 6.07) is 10.3. The van der Waals surface area contributed by atoms with Gasteiger partial charge in [0.05, 0.1) is 6.04 Å². The molecule has 1 unspecified atom stereocenters. The maximum Gasteiger partial charge on any atom is 0.240 e. The fourth-order valence-corrected chi connectivity index (χ4v) is 2.70. The molecule has 1 amide bonds. The van der Waals surface area contributed by atoms with Gasteiger partial charge >= 0.3 is 0 Å². The molecule has 0 radical (unpaired) electrons. The summed E-state index contributed by atoms with van der Waals surface area (Å²) in [6.07, 6.45) is 2.07. The van der Waals surface area contributed by atoms with Crippen molar-refractivity contribution in [2.24, 2.45) is 5.41 Å². The van der Waals surface area contributed by atoms with Crippen LogP contribution in [0.15, 0.2) is 30.3 Å². The van der Waals surface area contributed by atoms with E-state index in [4.69, 9.17) is 0 Å². The number of nitrogens with zero attached hydrogens (tertiary/aromatic N) is 1. The second kappa shape index (κ2) is 7.81. The highest BCUT2D eigenvalue weighted by molar-refractivity contribution is 5.85. The molecule has 3 nitrogen and oxygen atoms in total. The zero-order valence-electron chi connectivity index (χ0n) is 13.3. The minimum Gasteiger partial charge on any atom is -0.336 e. The lowest BCUT2D eigenvalue weighted by molar-refractivity contribution is -0.135. The number of hydrogen-bond donors (Lipinski definition) is 1. The summed E-state index contributed by atoms with van der Waals surface area (Å²) < 4.78 is 0. The first-order chi connectivity index (χ1) is 9.46. The molecule has 0 saturated carbocycles. The standard InChI is InChI=1S/C17H26N2O.ClH/c1-17(2,3)13-19(12-14-8-5-4-6-9-14)16(20)15-10-7-11-18-15;/h4-6,8-9,15,18H,7,10-13H2,1-3H3;1H. The third-order valence-corrected chi connectivity index (χ3v) is 3.55. The number of carbonyl (C=O) groups is 1. The van der Waals surface area contributed by atoms with Crippen molar-refractivity contribution in [3.05, 3.63) is 35.9 Å². The van der Waals surface area contributed by atoms with Gasteiger partial charge in [-0.3, -0.25) is 4.79 Å². The van der Waals surface area contributed by atoms with Crippen LogP contribution in [0, 0.1) is 5.41 Å². The molecule has 1 fully saturated rings. The summed E-state index contributed by atoms with van der Waals surface area (Å²) in [5, 5.41) is 3.32. The number of amides is 1. The predicted octanol–water partition coefficient (Wildman–Crippen LogP) is 3.24. The van der Waals surface area contributed by atoms with Gasteiger partial charge in [-0.2, -0.15) is 0 Å². The summed E-state index contributed by atoms with van der Waals surface area (Å²) in [7, 11) is 0. The van der Waals surface area contributed by atoms with E-state index in [1.54, 1.807) is 0 Å². The van der Waals surface area contributed by atoms with Gasteiger partial charge < -0.3 is 10.2 Å². The summed E-state index contributed by atoms with van der Waals surface area (Å²) in [6.45, 7) is 9.00. The van der Waals surface area contributed by atoms with Crippen molar-refractivity contribution in [1.82, 2.24) is 10.2 Å². The van der Waals surface area contributed by atoms with Gasteiger partial charge in [-0.05, 0) is 30.4 Å². The van der Waals surface area contributed by atoms with Gasteiger partial charge in [0.15, 0.2) is 0 Å². The maximum atomic E-state index is 12.7. The minimum absolute atomic E-state index is 0. The highest BCUT2D eigenvalue weighted by Crippen LogP contribution is 2.19. The van der Waals surface area contributed by atoms with Crippen molar-refractivity contribution in [3.63, 3.8) is 0 Å². The quantitative estimate of drug-likeness (QED) is 0.926. The van der Waals surface area contributed by atoms with E-state index in [-0.39, 0.29) is 29.8 Å². The molecule has 0 spiro atoms. The Bertz CT molecular complexity index is 436. The van der Waals surface area contributed by atoms with Crippen LogP contribution < -0.4 is 5.32 Å². The smallest absolute Gasteiger partial charge is 0.240 e. The van der Waals surface area contributed by atoms with Crippen LogP contribution >= 0.6 is 12.4 Å². The number of benzene rings is 1. The minimum atomic E-state index is 0. The van der Waals surface area contributed by atoms with E-state index < -0.39 is 0 Å². The third-order valence-electron chi connectivity index (χ3n) is 3.55. The lowest BCUT2D eigenvalue weighted by atomic mass is 9.95. The fourth-order valence-electron chi connectivity index (χ4n) is 2.70. The first-order valence-electron chi connectivity index (χ1n) is 7.52. The Morgan fingerprint density at radius 1 is 1.29 bits per heavy atom. The van der Waals surface area contributed by atoms with E-state index in [1.165, 1.54) is 5.56 Å². The Morgan fingerprint density at radius 3 is 2.48 bits per heavy atom. The molecule has 21 heavy (non-hydrogen) atoms. The SMILES string of the molecule is CC(C)(C)CN(Cc1ccccc1)C(=O)C1CCCN1.Cl. The van der Waals surface area contributed by atoms with Gasteiger partial charge in [-0.1, -0.05) is 51.1 Å². The maximum absolute atomic E-state index is 12.7. The van der Waals surface area contributed by atoms with E-state index in [0.717, 1.165) is 25.9 Å². The molecule has 0 bridgehead atoms. The lowest BCUT2D eigenvalue weighted by Crippen LogP contribution is -2.46. The second-order valence-electron chi connectivity index (χ2n) is 6.89. The normalized spacial score (nSPS) is 18.1. The Morgan fingerprint density at radius 2 is 1.95 bits per heavy atom. The van der Waals surface area contributed by atoms with Gasteiger partial charge in [-0.15, -0.1) is 12.4 Å². The van der Waals surface area contributed by atoms with E-state index in [1.807, 2.05) is 23.1 Å². The molecule has 1 atom stereocenters. The molecule has 1 aromatic rings. The van der Waals surface area contributed by atoms with E-state index in [0.29, 0.717) is 6.54 Å². The first kappa shape index (κ1) is 18.0. The lowest BCUT2D eigenvalue weighted by Gasteiger charge is -2.32. The summed E-state index contributed by atoms with van der Waals surface area (Å²) in [4.78, 5) is 14.7. The van der Waals surface area contributed by atoms with Crippen molar-refractivity contribution in [2.75, 3.05) is 13.1 Å². The summed E-state index contributed by atoms with van der Waals surface area (Å²) >= 11 is 0. The number of nitrogens with one attached hydrogen (secondary N) is 1. The molecular formula is C17H27ClN2O. The first-order valence-corrected chi connectivity index (χ1v) is 7.52. The molecule has 0 aromatic heterocycles. The molecule has 118 valence electrons. The number of carbonyl (C=O) groups excluding carboxylic acids is 1. The molecule has 1 N–H and O–H groups in total. The van der Waals surface area contributed by atoms with E-state index in [9.17, 15) is 4.79 Å². The Balaban J connectivity index is 0.00000220. The van der Waals surface area contributed by atoms with Crippen LogP contribution in [0.2, 0.25) is 0 Å². The van der Waals surface area contributed by atoms with Crippen molar-refractivity contribution >= 4 is 18.3 Å². The number of halogens is 1.